The van der Waals surface area contributed by atoms with Crippen LogP contribution in [0.4, 0.5) is 4.39 Å². The molecule has 0 amide bonds. The molecule has 1 aliphatic heterocycles. The van der Waals surface area contributed by atoms with Gasteiger partial charge >= 0.3 is 5.97 Å². The molecule has 5 heteroatoms. The molecular formula is C14H17FO4. The first-order valence-corrected chi connectivity index (χ1v) is 6.21. The molecule has 1 heterocycles. The largest absolute Gasteiger partial charge is 0.494 e. The first-order valence-electron chi connectivity index (χ1n) is 6.21. The van der Waals surface area contributed by atoms with E-state index >= 15 is 0 Å². The number of hydrogen-bond donors (Lipinski definition) is 1. The molecule has 104 valence electrons. The molecule has 1 N–H and O–H groups in total. The van der Waals surface area contributed by atoms with Crippen LogP contribution < -0.4 is 4.74 Å². The maximum atomic E-state index is 13.7. The summed E-state index contributed by atoms with van der Waals surface area (Å²) in [4.78, 5) is 10.6. The summed E-state index contributed by atoms with van der Waals surface area (Å²) in [6.45, 7) is 1.02. The van der Waals surface area contributed by atoms with Crippen LogP contribution in [0, 0.1) is 5.82 Å². The van der Waals surface area contributed by atoms with Crippen LogP contribution in [0.25, 0.3) is 0 Å². The molecule has 1 fully saturated rings. The molecule has 0 atom stereocenters. The number of ether oxygens (including phenoxy) is 2. The van der Waals surface area contributed by atoms with Gasteiger partial charge in [0.25, 0.3) is 0 Å². The Bertz CT molecular complexity index is 469. The van der Waals surface area contributed by atoms with Gasteiger partial charge in [-0.2, -0.15) is 0 Å². The number of carboxylic acid groups (broad SMARTS) is 1. The van der Waals surface area contributed by atoms with Crippen molar-refractivity contribution in [2.45, 2.75) is 24.7 Å². The van der Waals surface area contributed by atoms with Gasteiger partial charge in [-0.25, -0.2) is 4.39 Å². The Morgan fingerprint density at radius 3 is 2.74 bits per heavy atom. The lowest BCUT2D eigenvalue weighted by atomic mass is 9.74. The SMILES string of the molecule is COc1ccc(C2(CCCC(=O)O)COC2)cc1F. The second kappa shape index (κ2) is 5.57. The van der Waals surface area contributed by atoms with Gasteiger partial charge in [0.2, 0.25) is 0 Å². The second-order valence-electron chi connectivity index (χ2n) is 4.87. The molecule has 0 aromatic heterocycles. The molecule has 0 spiro atoms. The summed E-state index contributed by atoms with van der Waals surface area (Å²) < 4.78 is 23.9. The molecule has 0 aliphatic carbocycles. The molecule has 0 radical (unpaired) electrons. The van der Waals surface area contributed by atoms with Crippen LogP contribution in [-0.2, 0) is 14.9 Å². The fourth-order valence-electron chi connectivity index (χ4n) is 2.38. The van der Waals surface area contributed by atoms with E-state index in [4.69, 9.17) is 14.6 Å². The standard InChI is InChI=1S/C14H17FO4/c1-18-12-5-4-10(7-11(12)15)14(8-19-9-14)6-2-3-13(16)17/h4-5,7H,2-3,6,8-9H2,1H3,(H,16,17). The summed E-state index contributed by atoms with van der Waals surface area (Å²) in [5.41, 5.74) is 0.602. The first kappa shape index (κ1) is 13.8. The maximum absolute atomic E-state index is 13.7. The van der Waals surface area contributed by atoms with Crippen LogP contribution >= 0.6 is 0 Å². The van der Waals surface area contributed by atoms with E-state index in [0.29, 0.717) is 26.1 Å². The van der Waals surface area contributed by atoms with Crippen molar-refractivity contribution >= 4 is 5.97 Å². The quantitative estimate of drug-likeness (QED) is 0.860. The summed E-state index contributed by atoms with van der Waals surface area (Å²) in [7, 11) is 1.42. The highest BCUT2D eigenvalue weighted by Crippen LogP contribution is 2.38. The third-order valence-corrected chi connectivity index (χ3v) is 3.57. The van der Waals surface area contributed by atoms with Gasteiger partial charge in [-0.1, -0.05) is 6.07 Å². The summed E-state index contributed by atoms with van der Waals surface area (Å²) in [6.07, 6.45) is 1.37. The van der Waals surface area contributed by atoms with E-state index in [1.165, 1.54) is 13.2 Å². The minimum absolute atomic E-state index is 0.125. The number of aliphatic carboxylic acids is 1. The van der Waals surface area contributed by atoms with E-state index in [1.54, 1.807) is 6.07 Å². The highest BCUT2D eigenvalue weighted by atomic mass is 19.1. The van der Waals surface area contributed by atoms with Crippen LogP contribution in [0.15, 0.2) is 18.2 Å². The Morgan fingerprint density at radius 2 is 2.26 bits per heavy atom. The van der Waals surface area contributed by atoms with E-state index in [1.807, 2.05) is 6.07 Å². The van der Waals surface area contributed by atoms with Crippen LogP contribution in [-0.4, -0.2) is 31.4 Å². The molecule has 4 nitrogen and oxygen atoms in total. The van der Waals surface area contributed by atoms with Crippen molar-refractivity contribution in [3.63, 3.8) is 0 Å². The smallest absolute Gasteiger partial charge is 0.303 e. The van der Waals surface area contributed by atoms with E-state index in [2.05, 4.69) is 0 Å². The van der Waals surface area contributed by atoms with Crippen LogP contribution in [0.1, 0.15) is 24.8 Å². The average molecular weight is 268 g/mol. The fraction of sp³-hybridized carbons (Fsp3) is 0.500. The lowest BCUT2D eigenvalue weighted by Crippen LogP contribution is -2.46. The normalized spacial score (nSPS) is 16.7. The Hall–Kier alpha value is -1.62. The molecule has 0 unspecified atom stereocenters. The highest BCUT2D eigenvalue weighted by Gasteiger charge is 2.40. The topological polar surface area (TPSA) is 55.8 Å². The predicted octanol–water partition coefficient (Wildman–Crippen LogP) is 2.36. The van der Waals surface area contributed by atoms with Gasteiger partial charge in [-0.3, -0.25) is 4.79 Å². The summed E-state index contributed by atoms with van der Waals surface area (Å²) in [5, 5.41) is 8.68. The lowest BCUT2D eigenvalue weighted by molar-refractivity contribution is -0.137. The predicted molar refractivity (Wildman–Crippen MR) is 66.9 cm³/mol. The van der Waals surface area contributed by atoms with E-state index in [9.17, 15) is 9.18 Å². The van der Waals surface area contributed by atoms with Crippen LogP contribution in [0.2, 0.25) is 0 Å². The van der Waals surface area contributed by atoms with Crippen LogP contribution in [0.5, 0.6) is 5.75 Å². The maximum Gasteiger partial charge on any atom is 0.303 e. The molecule has 0 saturated carbocycles. The van der Waals surface area contributed by atoms with Crippen LogP contribution in [0.3, 0.4) is 0 Å². The molecule has 1 saturated heterocycles. The number of rotatable bonds is 6. The van der Waals surface area contributed by atoms with Gasteiger partial charge < -0.3 is 14.6 Å². The Balaban J connectivity index is 2.12. The summed E-state index contributed by atoms with van der Waals surface area (Å²) in [6, 6.07) is 4.88. The first-order chi connectivity index (χ1) is 9.07. The Labute approximate surface area is 111 Å². The number of halogens is 1. The lowest BCUT2D eigenvalue weighted by Gasteiger charge is -2.42. The Kier molecular flexibility index (Phi) is 4.04. The van der Waals surface area contributed by atoms with E-state index in [0.717, 1.165) is 5.56 Å². The Morgan fingerprint density at radius 1 is 1.53 bits per heavy atom. The van der Waals surface area contributed by atoms with Crippen molar-refractivity contribution in [2.24, 2.45) is 0 Å². The number of carbonyl (C=O) groups is 1. The third-order valence-electron chi connectivity index (χ3n) is 3.57. The van der Waals surface area contributed by atoms with Crippen molar-refractivity contribution in [1.29, 1.82) is 0 Å². The zero-order chi connectivity index (χ0) is 13.9. The monoisotopic (exact) mass is 268 g/mol. The van der Waals surface area contributed by atoms with Gasteiger partial charge in [0.05, 0.1) is 20.3 Å². The van der Waals surface area contributed by atoms with E-state index < -0.39 is 11.8 Å². The minimum Gasteiger partial charge on any atom is -0.494 e. The molecule has 19 heavy (non-hydrogen) atoms. The van der Waals surface area contributed by atoms with Gasteiger partial charge in [0.1, 0.15) is 0 Å². The summed E-state index contributed by atoms with van der Waals surface area (Å²) in [5.74, 6) is -0.995. The zero-order valence-corrected chi connectivity index (χ0v) is 10.8. The second-order valence-corrected chi connectivity index (χ2v) is 4.87. The zero-order valence-electron chi connectivity index (χ0n) is 10.8. The van der Waals surface area contributed by atoms with Crippen molar-refractivity contribution in [1.82, 2.24) is 0 Å². The van der Waals surface area contributed by atoms with Crippen molar-refractivity contribution in [2.75, 3.05) is 20.3 Å². The molecular weight excluding hydrogens is 251 g/mol. The molecule has 0 bridgehead atoms. The van der Waals surface area contributed by atoms with Crippen molar-refractivity contribution < 1.29 is 23.8 Å². The molecule has 1 aromatic carbocycles. The average Bonchev–Trinajstić information content (AvgIpc) is 2.32. The molecule has 1 aromatic rings. The number of benzene rings is 1. The van der Waals surface area contributed by atoms with Crippen molar-refractivity contribution in [3.8, 4) is 5.75 Å². The molecule has 2 rings (SSSR count). The fourth-order valence-corrected chi connectivity index (χ4v) is 2.38. The number of hydrogen-bond acceptors (Lipinski definition) is 3. The van der Waals surface area contributed by atoms with Gasteiger partial charge in [-0.05, 0) is 30.5 Å². The highest BCUT2D eigenvalue weighted by molar-refractivity contribution is 5.66. The summed E-state index contributed by atoms with van der Waals surface area (Å²) >= 11 is 0. The minimum atomic E-state index is -0.809. The third kappa shape index (κ3) is 2.87. The van der Waals surface area contributed by atoms with E-state index in [-0.39, 0.29) is 17.6 Å². The molecule has 1 aliphatic rings. The van der Waals surface area contributed by atoms with Gasteiger partial charge in [-0.15, -0.1) is 0 Å². The van der Waals surface area contributed by atoms with Gasteiger partial charge in [0.15, 0.2) is 11.6 Å². The number of methoxy groups -OCH3 is 1. The van der Waals surface area contributed by atoms with Gasteiger partial charge in [0, 0.05) is 11.8 Å². The number of carboxylic acids is 1. The van der Waals surface area contributed by atoms with Crippen molar-refractivity contribution in [3.05, 3.63) is 29.6 Å².